The highest BCUT2D eigenvalue weighted by atomic mass is 32.2. The average molecular weight is 369 g/mol. The Morgan fingerprint density at radius 1 is 1.12 bits per heavy atom. The van der Waals surface area contributed by atoms with Gasteiger partial charge in [-0.3, -0.25) is 9.59 Å². The van der Waals surface area contributed by atoms with Crippen molar-refractivity contribution < 1.29 is 18.0 Å². The Morgan fingerprint density at radius 3 is 2.16 bits per heavy atom. The van der Waals surface area contributed by atoms with Crippen molar-refractivity contribution in [2.75, 3.05) is 13.6 Å². The zero-order chi connectivity index (χ0) is 19.2. The van der Waals surface area contributed by atoms with E-state index in [4.69, 9.17) is 0 Å². The van der Waals surface area contributed by atoms with Crippen LogP contribution in [0.4, 0.5) is 0 Å². The van der Waals surface area contributed by atoms with Crippen molar-refractivity contribution in [3.63, 3.8) is 0 Å². The van der Waals surface area contributed by atoms with E-state index in [9.17, 15) is 18.0 Å². The van der Waals surface area contributed by atoms with Gasteiger partial charge >= 0.3 is 0 Å². The molecule has 0 aliphatic heterocycles. The molecular formula is C17H27N3O4S. The summed E-state index contributed by atoms with van der Waals surface area (Å²) in [6.45, 7) is 7.29. The lowest BCUT2D eigenvalue weighted by Gasteiger charge is -2.18. The van der Waals surface area contributed by atoms with Gasteiger partial charge < -0.3 is 10.2 Å². The molecule has 0 aliphatic carbocycles. The van der Waals surface area contributed by atoms with E-state index in [2.05, 4.69) is 10.0 Å². The molecule has 0 aliphatic rings. The SMILES string of the molecule is CC[C@@H](C)NS(=O)(=O)c1ccc(C(=O)N(C)CC(=O)NC(C)C)cc1. The lowest BCUT2D eigenvalue weighted by Crippen LogP contribution is -2.40. The summed E-state index contributed by atoms with van der Waals surface area (Å²) in [7, 11) is -2.08. The molecule has 7 nitrogen and oxygen atoms in total. The van der Waals surface area contributed by atoms with Crippen molar-refractivity contribution in [1.29, 1.82) is 0 Å². The van der Waals surface area contributed by atoms with Crippen LogP contribution in [0.15, 0.2) is 29.2 Å². The molecule has 0 saturated heterocycles. The molecule has 0 heterocycles. The Kier molecular flexibility index (Phi) is 7.57. The van der Waals surface area contributed by atoms with Crippen molar-refractivity contribution >= 4 is 21.8 Å². The number of carbonyl (C=O) groups is 2. The quantitative estimate of drug-likeness (QED) is 0.723. The second-order valence-electron chi connectivity index (χ2n) is 6.34. The second-order valence-corrected chi connectivity index (χ2v) is 8.05. The first-order chi connectivity index (χ1) is 11.6. The van der Waals surface area contributed by atoms with Gasteiger partial charge in [-0.2, -0.15) is 0 Å². The van der Waals surface area contributed by atoms with Gasteiger partial charge in [0.1, 0.15) is 0 Å². The predicted molar refractivity (Wildman–Crippen MR) is 96.8 cm³/mol. The molecule has 0 bridgehead atoms. The number of nitrogens with one attached hydrogen (secondary N) is 2. The van der Waals surface area contributed by atoms with Crippen LogP contribution in [-0.4, -0.2) is 50.8 Å². The molecule has 0 fully saturated rings. The van der Waals surface area contributed by atoms with E-state index >= 15 is 0 Å². The van der Waals surface area contributed by atoms with E-state index in [1.165, 1.54) is 36.2 Å². The summed E-state index contributed by atoms with van der Waals surface area (Å²) in [4.78, 5) is 25.4. The molecule has 0 spiro atoms. The summed E-state index contributed by atoms with van der Waals surface area (Å²) in [5, 5.41) is 2.71. The van der Waals surface area contributed by atoms with E-state index in [0.29, 0.717) is 12.0 Å². The molecule has 0 aromatic heterocycles. The molecule has 0 saturated carbocycles. The fourth-order valence-corrected chi connectivity index (χ4v) is 3.39. The monoisotopic (exact) mass is 369 g/mol. The lowest BCUT2D eigenvalue weighted by molar-refractivity contribution is -0.122. The van der Waals surface area contributed by atoms with E-state index in [1.807, 2.05) is 20.8 Å². The Bertz CT molecular complexity index is 699. The van der Waals surface area contributed by atoms with Crippen LogP contribution in [-0.2, 0) is 14.8 Å². The minimum atomic E-state index is -3.61. The maximum Gasteiger partial charge on any atom is 0.254 e. The number of hydrogen-bond donors (Lipinski definition) is 2. The van der Waals surface area contributed by atoms with Crippen LogP contribution >= 0.6 is 0 Å². The largest absolute Gasteiger partial charge is 0.352 e. The summed E-state index contributed by atoms with van der Waals surface area (Å²) < 4.78 is 27.0. The number of nitrogens with zero attached hydrogens (tertiary/aromatic N) is 1. The summed E-state index contributed by atoms with van der Waals surface area (Å²) in [6.07, 6.45) is 0.680. The third-order valence-electron chi connectivity index (χ3n) is 3.56. The molecule has 0 radical (unpaired) electrons. The third-order valence-corrected chi connectivity index (χ3v) is 5.16. The first-order valence-corrected chi connectivity index (χ1v) is 9.72. The number of carbonyl (C=O) groups excluding carboxylic acids is 2. The molecule has 1 aromatic rings. The molecule has 8 heteroatoms. The number of benzene rings is 1. The van der Waals surface area contributed by atoms with E-state index in [-0.39, 0.29) is 35.3 Å². The van der Waals surface area contributed by atoms with Gasteiger partial charge in [0.2, 0.25) is 15.9 Å². The maximum absolute atomic E-state index is 12.3. The number of likely N-dealkylation sites (N-methyl/N-ethyl adjacent to an activating group) is 1. The zero-order valence-electron chi connectivity index (χ0n) is 15.4. The Labute approximate surface area is 149 Å². The smallest absolute Gasteiger partial charge is 0.254 e. The summed E-state index contributed by atoms with van der Waals surface area (Å²) in [5.74, 6) is -0.597. The second kappa shape index (κ2) is 8.96. The van der Waals surface area contributed by atoms with Gasteiger partial charge in [0.15, 0.2) is 0 Å². The summed E-state index contributed by atoms with van der Waals surface area (Å²) >= 11 is 0. The third kappa shape index (κ3) is 6.47. The highest BCUT2D eigenvalue weighted by Gasteiger charge is 2.19. The number of amides is 2. The first-order valence-electron chi connectivity index (χ1n) is 8.24. The van der Waals surface area contributed by atoms with Crippen LogP contribution in [0.5, 0.6) is 0 Å². The normalized spacial score (nSPS) is 12.7. The number of rotatable bonds is 8. The zero-order valence-corrected chi connectivity index (χ0v) is 16.2. The number of hydrogen-bond acceptors (Lipinski definition) is 4. The standard InChI is InChI=1S/C17H27N3O4S/c1-6-13(4)19-25(23,24)15-9-7-14(8-10-15)17(22)20(5)11-16(21)18-12(2)3/h7-10,12-13,19H,6,11H2,1-5H3,(H,18,21)/t13-/m1/s1. The van der Waals surface area contributed by atoms with Crippen LogP contribution < -0.4 is 10.0 Å². The van der Waals surface area contributed by atoms with Crippen molar-refractivity contribution in [3.05, 3.63) is 29.8 Å². The van der Waals surface area contributed by atoms with E-state index < -0.39 is 10.0 Å². The van der Waals surface area contributed by atoms with Gasteiger partial charge in [0.05, 0.1) is 11.4 Å². The van der Waals surface area contributed by atoms with E-state index in [0.717, 1.165) is 0 Å². The van der Waals surface area contributed by atoms with Crippen LogP contribution in [0.2, 0.25) is 0 Å². The van der Waals surface area contributed by atoms with Crippen molar-refractivity contribution in [2.24, 2.45) is 0 Å². The maximum atomic E-state index is 12.3. The minimum absolute atomic E-state index is 0.00138. The fraction of sp³-hybridized carbons (Fsp3) is 0.529. The fourth-order valence-electron chi connectivity index (χ4n) is 2.07. The van der Waals surface area contributed by atoms with E-state index in [1.54, 1.807) is 6.92 Å². The van der Waals surface area contributed by atoms with Crippen LogP contribution in [0.3, 0.4) is 0 Å². The van der Waals surface area contributed by atoms with Crippen molar-refractivity contribution in [3.8, 4) is 0 Å². The van der Waals surface area contributed by atoms with Gasteiger partial charge in [0, 0.05) is 24.7 Å². The lowest BCUT2D eigenvalue weighted by atomic mass is 10.2. The summed E-state index contributed by atoms with van der Waals surface area (Å²) in [6, 6.07) is 5.50. The predicted octanol–water partition coefficient (Wildman–Crippen LogP) is 1.36. The van der Waals surface area contributed by atoms with Gasteiger partial charge in [0.25, 0.3) is 5.91 Å². The molecule has 1 atom stereocenters. The molecule has 0 unspecified atom stereocenters. The van der Waals surface area contributed by atoms with Crippen LogP contribution in [0.1, 0.15) is 44.5 Å². The molecular weight excluding hydrogens is 342 g/mol. The highest BCUT2D eigenvalue weighted by molar-refractivity contribution is 7.89. The average Bonchev–Trinajstić information content (AvgIpc) is 2.52. The molecule has 2 N–H and O–H groups in total. The first kappa shape index (κ1) is 21.1. The van der Waals surface area contributed by atoms with Gasteiger partial charge in [-0.05, 0) is 51.5 Å². The van der Waals surface area contributed by atoms with Crippen molar-refractivity contribution in [2.45, 2.75) is 51.1 Å². The molecule has 1 rings (SSSR count). The minimum Gasteiger partial charge on any atom is -0.352 e. The van der Waals surface area contributed by atoms with Gasteiger partial charge in [-0.15, -0.1) is 0 Å². The van der Waals surface area contributed by atoms with Crippen LogP contribution in [0, 0.1) is 0 Å². The van der Waals surface area contributed by atoms with Crippen LogP contribution in [0.25, 0.3) is 0 Å². The number of sulfonamides is 1. The molecule has 140 valence electrons. The topological polar surface area (TPSA) is 95.6 Å². The highest BCUT2D eigenvalue weighted by Crippen LogP contribution is 2.13. The van der Waals surface area contributed by atoms with Gasteiger partial charge in [-0.25, -0.2) is 13.1 Å². The summed E-state index contributed by atoms with van der Waals surface area (Å²) in [5.41, 5.74) is 0.322. The van der Waals surface area contributed by atoms with Gasteiger partial charge in [-0.1, -0.05) is 6.92 Å². The molecule has 1 aromatic carbocycles. The molecule has 25 heavy (non-hydrogen) atoms. The Balaban J connectivity index is 2.81. The molecule has 2 amide bonds. The van der Waals surface area contributed by atoms with Crippen molar-refractivity contribution in [1.82, 2.24) is 14.9 Å². The Hall–Kier alpha value is -1.93. The Morgan fingerprint density at radius 2 is 1.68 bits per heavy atom.